The first-order chi connectivity index (χ1) is 19.5. The Morgan fingerprint density at radius 1 is 0.925 bits per heavy atom. The first-order valence-electron chi connectivity index (χ1n) is 13.9. The van der Waals surface area contributed by atoms with Crippen LogP contribution >= 0.6 is 0 Å². The molecule has 0 spiro atoms. The molecule has 4 nitrogen and oxygen atoms in total. The number of carbonyl (C=O) groups is 1. The van der Waals surface area contributed by atoms with E-state index in [-0.39, 0.29) is 11.6 Å². The molecule has 0 fully saturated rings. The zero-order valence-corrected chi connectivity index (χ0v) is 22.9. The number of pyridine rings is 1. The number of para-hydroxylation sites is 1. The summed E-state index contributed by atoms with van der Waals surface area (Å²) in [6.07, 6.45) is 8.86. The fourth-order valence-electron chi connectivity index (χ4n) is 5.34. The van der Waals surface area contributed by atoms with E-state index in [9.17, 15) is 14.4 Å². The van der Waals surface area contributed by atoms with Crippen molar-refractivity contribution < 1.29 is 9.18 Å². The second-order valence-corrected chi connectivity index (χ2v) is 10.3. The molecular weight excluding hydrogens is 497 g/mol. The lowest BCUT2D eigenvalue weighted by Crippen LogP contribution is -2.05. The minimum atomic E-state index is -0.372. The van der Waals surface area contributed by atoms with E-state index >= 15 is 0 Å². The second-order valence-electron chi connectivity index (χ2n) is 10.3. The fraction of sp³-hybridized carbons (Fsp3) is 0.229. The van der Waals surface area contributed by atoms with Crippen LogP contribution in [0.5, 0.6) is 0 Å². The molecule has 0 radical (unpaired) electrons. The van der Waals surface area contributed by atoms with Gasteiger partial charge in [-0.25, -0.2) is 9.37 Å². The van der Waals surface area contributed by atoms with Gasteiger partial charge < -0.3 is 5.32 Å². The van der Waals surface area contributed by atoms with Gasteiger partial charge in [0, 0.05) is 22.4 Å². The number of halogens is 1. The van der Waals surface area contributed by atoms with Crippen LogP contribution < -0.4 is 5.32 Å². The van der Waals surface area contributed by atoms with E-state index in [1.165, 1.54) is 37.3 Å². The van der Waals surface area contributed by atoms with Gasteiger partial charge >= 0.3 is 0 Å². The molecule has 1 heterocycles. The number of carbonyl (C=O) groups excluding carboxylic acids is 1. The number of rotatable bonds is 10. The molecule has 4 aromatic rings. The Bertz CT molecular complexity index is 1630. The molecule has 0 saturated heterocycles. The molecule has 1 aromatic heterocycles. The van der Waals surface area contributed by atoms with Crippen LogP contribution in [0.2, 0.25) is 0 Å². The Kier molecular flexibility index (Phi) is 8.17. The van der Waals surface area contributed by atoms with Crippen molar-refractivity contribution in [2.45, 2.75) is 52.4 Å². The van der Waals surface area contributed by atoms with Crippen molar-refractivity contribution >= 4 is 17.5 Å². The molecule has 0 unspecified atom stereocenters. The number of anilines is 1. The number of ketones is 1. The Morgan fingerprint density at radius 3 is 2.35 bits per heavy atom. The number of nitrogens with one attached hydrogen (secondary N) is 1. The number of nitrogens with zero attached hydrogens (tertiary/aromatic N) is 2. The normalized spacial score (nSPS) is 12.2. The third-order valence-corrected chi connectivity index (χ3v) is 7.36. The molecule has 0 saturated carbocycles. The van der Waals surface area contributed by atoms with Crippen molar-refractivity contribution in [2.24, 2.45) is 0 Å². The number of allylic oxidation sites excluding steroid dienone is 1. The summed E-state index contributed by atoms with van der Waals surface area (Å²) >= 11 is 0. The topological polar surface area (TPSA) is 65.8 Å². The summed E-state index contributed by atoms with van der Waals surface area (Å²) in [6, 6.07) is 24.4. The summed E-state index contributed by atoms with van der Waals surface area (Å²) in [5.74, 6) is -0.496. The van der Waals surface area contributed by atoms with Crippen LogP contribution in [0.15, 0.2) is 78.5 Å². The van der Waals surface area contributed by atoms with Gasteiger partial charge in [0.25, 0.3) is 0 Å². The maximum absolute atomic E-state index is 14.3. The Balaban J connectivity index is 1.58. The quantitative estimate of drug-likeness (QED) is 0.183. The van der Waals surface area contributed by atoms with Crippen molar-refractivity contribution in [3.63, 3.8) is 0 Å². The summed E-state index contributed by atoms with van der Waals surface area (Å²) in [5.41, 5.74) is 6.72. The molecule has 200 valence electrons. The minimum absolute atomic E-state index is 0.124. The zero-order valence-electron chi connectivity index (χ0n) is 22.9. The fourth-order valence-corrected chi connectivity index (χ4v) is 5.34. The van der Waals surface area contributed by atoms with Gasteiger partial charge in [-0.15, -0.1) is 0 Å². The maximum Gasteiger partial charge on any atom is 0.196 e. The standard InChI is InChI=1S/C35H32FN3O/c1-3-4-5-6-7-12-24-17-19-25(20-18-24)32-28(22-37)31(21-23(2)38-30-16-11-10-15-29(30)36)39-34-26-13-8-9-14-27(26)35(40)33(32)34/h8-11,13-21,38H,3-7,12H2,1-2H3/b23-21+. The molecular formula is C35H32FN3O. The first kappa shape index (κ1) is 27.0. The van der Waals surface area contributed by atoms with Gasteiger partial charge in [-0.3, -0.25) is 4.79 Å². The van der Waals surface area contributed by atoms with Gasteiger partial charge in [-0.2, -0.15) is 5.26 Å². The zero-order chi connectivity index (χ0) is 28.1. The Hall–Kier alpha value is -4.56. The van der Waals surface area contributed by atoms with Crippen molar-refractivity contribution in [2.75, 3.05) is 5.32 Å². The molecule has 3 aromatic carbocycles. The SMILES string of the molecule is CCCCCCCc1ccc(-c2c(C#N)c(/C=C(\C)Nc3ccccc3F)nc3c2C(=O)c2ccccc2-3)cc1. The summed E-state index contributed by atoms with van der Waals surface area (Å²) in [4.78, 5) is 18.5. The van der Waals surface area contributed by atoms with Crippen LogP contribution in [0, 0.1) is 17.1 Å². The van der Waals surface area contributed by atoms with Gasteiger partial charge in [0.1, 0.15) is 11.9 Å². The largest absolute Gasteiger partial charge is 0.357 e. The molecule has 1 aliphatic carbocycles. The minimum Gasteiger partial charge on any atom is -0.357 e. The van der Waals surface area contributed by atoms with Gasteiger partial charge in [0.05, 0.1) is 28.2 Å². The van der Waals surface area contributed by atoms with Crippen molar-refractivity contribution in [1.29, 1.82) is 5.26 Å². The molecule has 0 aliphatic heterocycles. The van der Waals surface area contributed by atoms with E-state index in [0.717, 1.165) is 24.0 Å². The van der Waals surface area contributed by atoms with Crippen LogP contribution in [0.25, 0.3) is 28.5 Å². The average molecular weight is 530 g/mol. The lowest BCUT2D eigenvalue weighted by atomic mass is 9.91. The summed E-state index contributed by atoms with van der Waals surface area (Å²) in [6.45, 7) is 4.02. The summed E-state index contributed by atoms with van der Waals surface area (Å²) in [5, 5.41) is 13.4. The predicted molar refractivity (Wildman–Crippen MR) is 159 cm³/mol. The van der Waals surface area contributed by atoms with E-state index in [1.54, 1.807) is 37.3 Å². The van der Waals surface area contributed by atoms with E-state index in [4.69, 9.17) is 4.98 Å². The monoisotopic (exact) mass is 529 g/mol. The molecule has 5 rings (SSSR count). The first-order valence-corrected chi connectivity index (χ1v) is 13.9. The van der Waals surface area contributed by atoms with Crippen LogP contribution in [0.3, 0.4) is 0 Å². The highest BCUT2D eigenvalue weighted by atomic mass is 19.1. The second kappa shape index (κ2) is 12.1. The highest BCUT2D eigenvalue weighted by molar-refractivity contribution is 6.24. The summed E-state index contributed by atoms with van der Waals surface area (Å²) in [7, 11) is 0. The number of unbranched alkanes of at least 4 members (excludes halogenated alkanes) is 4. The number of nitriles is 1. The van der Waals surface area contributed by atoms with E-state index in [0.29, 0.717) is 45.0 Å². The van der Waals surface area contributed by atoms with Crippen LogP contribution in [0.4, 0.5) is 10.1 Å². The number of hydrogen-bond acceptors (Lipinski definition) is 4. The van der Waals surface area contributed by atoms with Crippen molar-refractivity contribution in [3.8, 4) is 28.5 Å². The lowest BCUT2D eigenvalue weighted by Gasteiger charge is -2.14. The van der Waals surface area contributed by atoms with Crippen LogP contribution in [-0.2, 0) is 6.42 Å². The van der Waals surface area contributed by atoms with Gasteiger partial charge in [0.15, 0.2) is 5.78 Å². The van der Waals surface area contributed by atoms with Gasteiger partial charge in [0.2, 0.25) is 0 Å². The van der Waals surface area contributed by atoms with Crippen LogP contribution in [0.1, 0.15) is 78.7 Å². The molecule has 1 N–H and O–H groups in total. The summed E-state index contributed by atoms with van der Waals surface area (Å²) < 4.78 is 14.3. The lowest BCUT2D eigenvalue weighted by molar-refractivity contribution is 0.104. The van der Waals surface area contributed by atoms with E-state index in [1.807, 2.05) is 30.3 Å². The van der Waals surface area contributed by atoms with E-state index in [2.05, 4.69) is 30.4 Å². The molecule has 0 amide bonds. The number of fused-ring (bicyclic) bond motifs is 3. The highest BCUT2D eigenvalue weighted by Crippen LogP contribution is 2.43. The third-order valence-electron chi connectivity index (χ3n) is 7.36. The Morgan fingerprint density at radius 2 is 1.62 bits per heavy atom. The van der Waals surface area contributed by atoms with Crippen molar-refractivity contribution in [1.82, 2.24) is 4.98 Å². The number of aromatic nitrogens is 1. The smallest absolute Gasteiger partial charge is 0.196 e. The molecule has 0 bridgehead atoms. The maximum atomic E-state index is 14.3. The predicted octanol–water partition coefficient (Wildman–Crippen LogP) is 8.96. The molecule has 0 atom stereocenters. The van der Waals surface area contributed by atoms with Crippen molar-refractivity contribution in [3.05, 3.63) is 112 Å². The van der Waals surface area contributed by atoms with Gasteiger partial charge in [-0.1, -0.05) is 93.3 Å². The third kappa shape index (κ3) is 5.44. The highest BCUT2D eigenvalue weighted by Gasteiger charge is 2.33. The average Bonchev–Trinajstić information content (AvgIpc) is 3.25. The molecule has 5 heteroatoms. The number of aryl methyl sites for hydroxylation is 1. The number of hydrogen-bond donors (Lipinski definition) is 1. The number of benzene rings is 3. The van der Waals surface area contributed by atoms with E-state index < -0.39 is 0 Å². The molecule has 40 heavy (non-hydrogen) atoms. The molecule has 1 aliphatic rings. The van der Waals surface area contributed by atoms with Crippen LogP contribution in [-0.4, -0.2) is 10.8 Å². The Labute approximate surface area is 235 Å². The van der Waals surface area contributed by atoms with Gasteiger partial charge in [-0.05, 0) is 49.1 Å².